The largest absolute Gasteiger partial charge is 0.247 e. The second kappa shape index (κ2) is 5.10. The van der Waals surface area contributed by atoms with Gasteiger partial charge in [0.2, 0.25) is 10.0 Å². The highest BCUT2D eigenvalue weighted by Crippen LogP contribution is 2.33. The number of halogens is 1. The zero-order chi connectivity index (χ0) is 15.0. The van der Waals surface area contributed by atoms with Crippen molar-refractivity contribution in [1.82, 2.24) is 4.31 Å². The van der Waals surface area contributed by atoms with Crippen molar-refractivity contribution in [2.75, 3.05) is 6.54 Å². The molecular weight excluding hydrogens is 291 g/mol. The minimum Gasteiger partial charge on any atom is -0.207 e. The summed E-state index contributed by atoms with van der Waals surface area (Å²) in [6.45, 7) is -0.251. The highest BCUT2D eigenvalue weighted by molar-refractivity contribution is 7.89. The number of hydrogen-bond donors (Lipinski definition) is 0. The van der Waals surface area contributed by atoms with Crippen LogP contribution in [0.2, 0.25) is 0 Å². The third kappa shape index (κ3) is 2.39. The molecule has 0 aromatic heterocycles. The Morgan fingerprint density at radius 2 is 1.95 bits per heavy atom. The van der Waals surface area contributed by atoms with Gasteiger partial charge in [0.1, 0.15) is 11.4 Å². The Hall–Kier alpha value is -1.97. The molecule has 1 aliphatic carbocycles. The summed E-state index contributed by atoms with van der Waals surface area (Å²) in [7, 11) is -3.99. The molecule has 2 aromatic carbocycles. The van der Waals surface area contributed by atoms with E-state index in [0.717, 1.165) is 17.1 Å². The predicted molar refractivity (Wildman–Crippen MR) is 76.4 cm³/mol. The van der Waals surface area contributed by atoms with Crippen LogP contribution in [-0.4, -0.2) is 25.3 Å². The normalized spacial score (nSPS) is 15.3. The fourth-order valence-corrected chi connectivity index (χ4v) is 4.04. The number of hydrogen-bond acceptors (Lipinski definition) is 3. The maximum atomic E-state index is 14.6. The van der Waals surface area contributed by atoms with E-state index in [1.54, 1.807) is 30.3 Å². The molecule has 3 rings (SSSR count). The van der Waals surface area contributed by atoms with Crippen molar-refractivity contribution in [3.63, 3.8) is 0 Å². The van der Waals surface area contributed by atoms with Crippen molar-refractivity contribution >= 4 is 20.8 Å². The Balaban J connectivity index is 2.14. The lowest BCUT2D eigenvalue weighted by Gasteiger charge is -2.19. The average Bonchev–Trinajstić information content (AvgIpc) is 3.29. The Bertz CT molecular complexity index is 838. The summed E-state index contributed by atoms with van der Waals surface area (Å²) in [5.41, 5.74) is 0. The Morgan fingerprint density at radius 3 is 2.62 bits per heavy atom. The summed E-state index contributed by atoms with van der Waals surface area (Å²) in [6.07, 6.45) is 1.44. The van der Waals surface area contributed by atoms with Gasteiger partial charge in [-0.05, 0) is 24.3 Å². The lowest BCUT2D eigenvalue weighted by Crippen LogP contribution is -2.34. The van der Waals surface area contributed by atoms with Crippen LogP contribution in [0.15, 0.2) is 41.3 Å². The third-order valence-electron chi connectivity index (χ3n) is 3.60. The number of rotatable bonds is 4. The standard InChI is InChI=1S/C15H13FN2O2S/c16-15-13-4-2-1-3-11(13)5-8-14(15)21(19,20)18(10-9-17)12-6-7-12/h1-5,8,12H,6-7,10H2. The monoisotopic (exact) mass is 304 g/mol. The summed E-state index contributed by atoms with van der Waals surface area (Å²) >= 11 is 0. The summed E-state index contributed by atoms with van der Waals surface area (Å²) < 4.78 is 40.9. The molecular formula is C15H13FN2O2S. The molecule has 1 aliphatic rings. The van der Waals surface area contributed by atoms with Crippen molar-refractivity contribution in [3.8, 4) is 6.07 Å². The number of fused-ring (bicyclic) bond motifs is 1. The van der Waals surface area contributed by atoms with Gasteiger partial charge >= 0.3 is 0 Å². The number of nitrogens with zero attached hydrogens (tertiary/aromatic N) is 2. The average molecular weight is 304 g/mol. The molecule has 1 fully saturated rings. The van der Waals surface area contributed by atoms with Gasteiger partial charge in [-0.1, -0.05) is 30.3 Å². The van der Waals surface area contributed by atoms with Gasteiger partial charge < -0.3 is 0 Å². The summed E-state index contributed by atoms with van der Waals surface area (Å²) in [5.74, 6) is -0.753. The van der Waals surface area contributed by atoms with Crippen LogP contribution in [0.4, 0.5) is 4.39 Å². The highest BCUT2D eigenvalue weighted by atomic mass is 32.2. The molecule has 0 saturated heterocycles. The van der Waals surface area contributed by atoms with E-state index in [1.807, 2.05) is 6.07 Å². The first kappa shape index (κ1) is 14.0. The van der Waals surface area contributed by atoms with Gasteiger partial charge in [-0.25, -0.2) is 12.8 Å². The second-order valence-electron chi connectivity index (χ2n) is 5.04. The van der Waals surface area contributed by atoms with Crippen LogP contribution in [0.5, 0.6) is 0 Å². The van der Waals surface area contributed by atoms with Crippen LogP contribution in [0.3, 0.4) is 0 Å². The third-order valence-corrected chi connectivity index (χ3v) is 5.51. The SMILES string of the molecule is N#CCN(C1CC1)S(=O)(=O)c1ccc2ccccc2c1F. The van der Waals surface area contributed by atoms with Crippen LogP contribution in [-0.2, 0) is 10.0 Å². The molecule has 0 radical (unpaired) electrons. The molecule has 4 nitrogen and oxygen atoms in total. The van der Waals surface area contributed by atoms with E-state index in [2.05, 4.69) is 0 Å². The van der Waals surface area contributed by atoms with Crippen LogP contribution < -0.4 is 0 Å². The minimum atomic E-state index is -3.99. The summed E-state index contributed by atoms with van der Waals surface area (Å²) in [5, 5.41) is 9.73. The first-order valence-electron chi connectivity index (χ1n) is 6.62. The molecule has 0 unspecified atom stereocenters. The molecule has 0 bridgehead atoms. The van der Waals surface area contributed by atoms with Crippen molar-refractivity contribution in [2.24, 2.45) is 0 Å². The van der Waals surface area contributed by atoms with Crippen molar-refractivity contribution in [3.05, 3.63) is 42.2 Å². The lowest BCUT2D eigenvalue weighted by molar-refractivity contribution is 0.434. The fraction of sp³-hybridized carbons (Fsp3) is 0.267. The van der Waals surface area contributed by atoms with Crippen molar-refractivity contribution < 1.29 is 12.8 Å². The van der Waals surface area contributed by atoms with Gasteiger partial charge in [-0.3, -0.25) is 0 Å². The van der Waals surface area contributed by atoms with Gasteiger partial charge in [-0.2, -0.15) is 9.57 Å². The fourth-order valence-electron chi connectivity index (χ4n) is 2.38. The highest BCUT2D eigenvalue weighted by Gasteiger charge is 2.39. The molecule has 2 aromatic rings. The Kier molecular flexibility index (Phi) is 3.40. The van der Waals surface area contributed by atoms with E-state index in [0.29, 0.717) is 5.39 Å². The quantitative estimate of drug-likeness (QED) is 0.816. The number of nitriles is 1. The maximum absolute atomic E-state index is 14.6. The first-order chi connectivity index (χ1) is 10.1. The van der Waals surface area contributed by atoms with Gasteiger partial charge in [0.15, 0.2) is 5.82 Å². The Morgan fingerprint density at radius 1 is 1.24 bits per heavy atom. The van der Waals surface area contributed by atoms with Crippen LogP contribution in [0.25, 0.3) is 10.8 Å². The Labute approximate surface area is 122 Å². The molecule has 0 atom stereocenters. The van der Waals surface area contributed by atoms with E-state index >= 15 is 0 Å². The summed E-state index contributed by atoms with van der Waals surface area (Å²) in [4.78, 5) is -0.358. The number of benzene rings is 2. The van der Waals surface area contributed by atoms with E-state index in [9.17, 15) is 12.8 Å². The van der Waals surface area contributed by atoms with Gasteiger partial charge in [-0.15, -0.1) is 0 Å². The minimum absolute atomic E-state index is 0.180. The van der Waals surface area contributed by atoms with Gasteiger partial charge in [0.05, 0.1) is 6.07 Å². The molecule has 21 heavy (non-hydrogen) atoms. The van der Waals surface area contributed by atoms with E-state index in [4.69, 9.17) is 5.26 Å². The topological polar surface area (TPSA) is 61.2 Å². The van der Waals surface area contributed by atoms with Crippen molar-refractivity contribution in [2.45, 2.75) is 23.8 Å². The molecule has 0 amide bonds. The summed E-state index contributed by atoms with van der Waals surface area (Å²) in [6, 6.07) is 11.2. The smallest absolute Gasteiger partial charge is 0.207 e. The van der Waals surface area contributed by atoms with Crippen LogP contribution >= 0.6 is 0 Å². The second-order valence-corrected chi connectivity index (χ2v) is 6.90. The lowest BCUT2D eigenvalue weighted by atomic mass is 10.1. The van der Waals surface area contributed by atoms with Gasteiger partial charge in [0.25, 0.3) is 0 Å². The van der Waals surface area contributed by atoms with Crippen molar-refractivity contribution in [1.29, 1.82) is 5.26 Å². The molecule has 0 heterocycles. The predicted octanol–water partition coefficient (Wildman–Crippen LogP) is 2.66. The molecule has 0 N–H and O–H groups in total. The molecule has 0 aliphatic heterocycles. The van der Waals surface area contributed by atoms with E-state index in [-0.39, 0.29) is 22.9 Å². The molecule has 108 valence electrons. The molecule has 6 heteroatoms. The first-order valence-corrected chi connectivity index (χ1v) is 8.06. The van der Waals surface area contributed by atoms with E-state index < -0.39 is 15.8 Å². The van der Waals surface area contributed by atoms with Crippen LogP contribution in [0.1, 0.15) is 12.8 Å². The zero-order valence-electron chi connectivity index (χ0n) is 11.2. The molecule has 0 spiro atoms. The maximum Gasteiger partial charge on any atom is 0.247 e. The molecule has 1 saturated carbocycles. The van der Waals surface area contributed by atoms with E-state index in [1.165, 1.54) is 6.07 Å². The zero-order valence-corrected chi connectivity index (χ0v) is 12.0. The van der Waals surface area contributed by atoms with Gasteiger partial charge in [0, 0.05) is 11.4 Å². The van der Waals surface area contributed by atoms with Crippen LogP contribution in [0, 0.1) is 17.1 Å². The number of sulfonamides is 1.